The molecule has 0 spiro atoms. The first-order valence-electron chi connectivity index (χ1n) is 4.17. The standard InChI is InChI=1S/C9H7F6N/c10-4-1-5(8(12)6(11)2-4)7(16)3-9(13,14)15/h1-2,7H,3,16H2/t7-/m1/s1. The molecule has 0 aliphatic rings. The van der Waals surface area contributed by atoms with Gasteiger partial charge in [0.25, 0.3) is 0 Å². The fourth-order valence-corrected chi connectivity index (χ4v) is 1.21. The average Bonchev–Trinajstić information content (AvgIpc) is 2.08. The molecule has 0 unspecified atom stereocenters. The van der Waals surface area contributed by atoms with Gasteiger partial charge in [-0.15, -0.1) is 0 Å². The molecule has 0 amide bonds. The predicted molar refractivity (Wildman–Crippen MR) is 43.9 cm³/mol. The zero-order chi connectivity index (χ0) is 12.5. The molecule has 0 saturated heterocycles. The van der Waals surface area contributed by atoms with Crippen LogP contribution in [0.1, 0.15) is 18.0 Å². The fourth-order valence-electron chi connectivity index (χ4n) is 1.21. The molecule has 1 aromatic rings. The van der Waals surface area contributed by atoms with Gasteiger partial charge >= 0.3 is 6.18 Å². The van der Waals surface area contributed by atoms with Crippen molar-refractivity contribution < 1.29 is 26.3 Å². The highest BCUT2D eigenvalue weighted by Gasteiger charge is 2.32. The molecule has 0 aliphatic heterocycles. The molecule has 0 fully saturated rings. The molecule has 1 atom stereocenters. The Morgan fingerprint density at radius 2 is 1.69 bits per heavy atom. The van der Waals surface area contributed by atoms with E-state index in [4.69, 9.17) is 5.73 Å². The number of rotatable bonds is 2. The molecule has 1 rings (SSSR count). The van der Waals surface area contributed by atoms with Gasteiger partial charge in [0, 0.05) is 17.7 Å². The van der Waals surface area contributed by atoms with Crippen molar-refractivity contribution in [3.05, 3.63) is 35.1 Å². The van der Waals surface area contributed by atoms with Gasteiger partial charge in [0.2, 0.25) is 0 Å². The molecular formula is C9H7F6N. The van der Waals surface area contributed by atoms with Crippen molar-refractivity contribution in [2.45, 2.75) is 18.6 Å². The summed E-state index contributed by atoms with van der Waals surface area (Å²) in [4.78, 5) is 0. The van der Waals surface area contributed by atoms with E-state index < -0.39 is 41.7 Å². The molecule has 90 valence electrons. The zero-order valence-electron chi connectivity index (χ0n) is 7.78. The van der Waals surface area contributed by atoms with E-state index in [-0.39, 0.29) is 6.07 Å². The Kier molecular flexibility index (Phi) is 3.47. The van der Waals surface area contributed by atoms with Crippen LogP contribution >= 0.6 is 0 Å². The zero-order valence-corrected chi connectivity index (χ0v) is 7.78. The van der Waals surface area contributed by atoms with Crippen LogP contribution in [0.4, 0.5) is 26.3 Å². The lowest BCUT2D eigenvalue weighted by molar-refractivity contribution is -0.138. The second-order valence-electron chi connectivity index (χ2n) is 3.22. The van der Waals surface area contributed by atoms with Gasteiger partial charge in [-0.25, -0.2) is 13.2 Å². The third-order valence-electron chi connectivity index (χ3n) is 1.87. The number of halogens is 6. The number of hydrogen-bond acceptors (Lipinski definition) is 1. The van der Waals surface area contributed by atoms with E-state index in [1.54, 1.807) is 0 Å². The number of nitrogens with two attached hydrogens (primary N) is 1. The van der Waals surface area contributed by atoms with Gasteiger partial charge in [0.15, 0.2) is 11.6 Å². The van der Waals surface area contributed by atoms with E-state index in [9.17, 15) is 26.3 Å². The second-order valence-corrected chi connectivity index (χ2v) is 3.22. The molecule has 16 heavy (non-hydrogen) atoms. The van der Waals surface area contributed by atoms with Crippen LogP contribution in [0.3, 0.4) is 0 Å². The van der Waals surface area contributed by atoms with E-state index >= 15 is 0 Å². The van der Waals surface area contributed by atoms with Crippen LogP contribution in [0.2, 0.25) is 0 Å². The third-order valence-corrected chi connectivity index (χ3v) is 1.87. The summed E-state index contributed by atoms with van der Waals surface area (Å²) in [5, 5.41) is 0. The van der Waals surface area contributed by atoms with Crippen LogP contribution in [0.25, 0.3) is 0 Å². The first-order valence-corrected chi connectivity index (χ1v) is 4.17. The minimum absolute atomic E-state index is 0.235. The summed E-state index contributed by atoms with van der Waals surface area (Å²) in [5.74, 6) is -4.29. The quantitative estimate of drug-likeness (QED) is 0.627. The molecular weight excluding hydrogens is 236 g/mol. The third kappa shape index (κ3) is 3.13. The Bertz CT molecular complexity index is 386. The van der Waals surface area contributed by atoms with Crippen LogP contribution in [0, 0.1) is 17.5 Å². The summed E-state index contributed by atoms with van der Waals surface area (Å²) in [5.41, 5.74) is 4.20. The Hall–Kier alpha value is -1.24. The SMILES string of the molecule is N[C@H](CC(F)(F)F)c1cc(F)cc(F)c1F. The maximum Gasteiger partial charge on any atom is 0.390 e. The topological polar surface area (TPSA) is 26.0 Å². The van der Waals surface area contributed by atoms with E-state index in [1.807, 2.05) is 0 Å². The Morgan fingerprint density at radius 1 is 1.12 bits per heavy atom. The molecule has 0 aromatic heterocycles. The van der Waals surface area contributed by atoms with Gasteiger partial charge in [0.05, 0.1) is 6.42 Å². The summed E-state index contributed by atoms with van der Waals surface area (Å²) in [6.45, 7) is 0. The molecule has 1 aromatic carbocycles. The first kappa shape index (κ1) is 12.8. The van der Waals surface area contributed by atoms with Gasteiger partial charge in [-0.1, -0.05) is 0 Å². The van der Waals surface area contributed by atoms with E-state index in [1.165, 1.54) is 0 Å². The Labute approximate surface area is 86.9 Å². The molecule has 7 heteroatoms. The lowest BCUT2D eigenvalue weighted by Crippen LogP contribution is -2.21. The van der Waals surface area contributed by atoms with Gasteiger partial charge in [0.1, 0.15) is 5.82 Å². The Morgan fingerprint density at radius 3 is 2.19 bits per heavy atom. The predicted octanol–water partition coefficient (Wildman–Crippen LogP) is 3.06. The summed E-state index contributed by atoms with van der Waals surface area (Å²) < 4.78 is 74.2. The minimum atomic E-state index is -4.63. The van der Waals surface area contributed by atoms with E-state index in [2.05, 4.69) is 0 Å². The van der Waals surface area contributed by atoms with Crippen molar-refractivity contribution >= 4 is 0 Å². The largest absolute Gasteiger partial charge is 0.390 e. The monoisotopic (exact) mass is 243 g/mol. The highest BCUT2D eigenvalue weighted by atomic mass is 19.4. The van der Waals surface area contributed by atoms with E-state index in [0.717, 1.165) is 0 Å². The number of alkyl halides is 3. The van der Waals surface area contributed by atoms with Crippen molar-refractivity contribution in [3.63, 3.8) is 0 Å². The van der Waals surface area contributed by atoms with Gasteiger partial charge < -0.3 is 5.73 Å². The smallest absolute Gasteiger partial charge is 0.324 e. The Balaban J connectivity index is 3.04. The minimum Gasteiger partial charge on any atom is -0.324 e. The number of hydrogen-bond donors (Lipinski definition) is 1. The lowest BCUT2D eigenvalue weighted by atomic mass is 10.0. The van der Waals surface area contributed by atoms with Crippen LogP contribution in [-0.2, 0) is 0 Å². The highest BCUT2D eigenvalue weighted by molar-refractivity contribution is 5.23. The number of benzene rings is 1. The maximum atomic E-state index is 13.0. The van der Waals surface area contributed by atoms with Crippen molar-refractivity contribution in [3.8, 4) is 0 Å². The molecule has 0 aliphatic carbocycles. The summed E-state index contributed by atoms with van der Waals surface area (Å²) in [6.07, 6.45) is -6.18. The lowest BCUT2D eigenvalue weighted by Gasteiger charge is -2.15. The van der Waals surface area contributed by atoms with Crippen LogP contribution < -0.4 is 5.73 Å². The van der Waals surface area contributed by atoms with Crippen LogP contribution in [0.15, 0.2) is 12.1 Å². The average molecular weight is 243 g/mol. The van der Waals surface area contributed by atoms with Crippen molar-refractivity contribution in [1.29, 1.82) is 0 Å². The fraction of sp³-hybridized carbons (Fsp3) is 0.333. The van der Waals surface area contributed by atoms with E-state index in [0.29, 0.717) is 6.07 Å². The summed E-state index contributed by atoms with van der Waals surface area (Å²) >= 11 is 0. The van der Waals surface area contributed by atoms with Gasteiger partial charge in [-0.2, -0.15) is 13.2 Å². The molecule has 0 bridgehead atoms. The summed E-state index contributed by atoms with van der Waals surface area (Å²) in [7, 11) is 0. The maximum absolute atomic E-state index is 13.0. The highest BCUT2D eigenvalue weighted by Crippen LogP contribution is 2.30. The van der Waals surface area contributed by atoms with Gasteiger partial charge in [-0.3, -0.25) is 0 Å². The van der Waals surface area contributed by atoms with Crippen LogP contribution in [-0.4, -0.2) is 6.18 Å². The van der Waals surface area contributed by atoms with Crippen molar-refractivity contribution in [2.75, 3.05) is 0 Å². The van der Waals surface area contributed by atoms with Crippen molar-refractivity contribution in [2.24, 2.45) is 5.73 Å². The molecule has 2 N–H and O–H groups in total. The molecule has 0 radical (unpaired) electrons. The first-order chi connectivity index (χ1) is 7.20. The normalized spacial score (nSPS) is 13.9. The van der Waals surface area contributed by atoms with Gasteiger partial charge in [-0.05, 0) is 6.07 Å². The molecule has 0 saturated carbocycles. The molecule has 0 heterocycles. The van der Waals surface area contributed by atoms with Crippen LogP contribution in [0.5, 0.6) is 0 Å². The summed E-state index contributed by atoms with van der Waals surface area (Å²) in [6, 6.07) is -1.14. The second kappa shape index (κ2) is 4.32. The molecule has 1 nitrogen and oxygen atoms in total. The van der Waals surface area contributed by atoms with Crippen molar-refractivity contribution in [1.82, 2.24) is 0 Å².